The van der Waals surface area contributed by atoms with Crippen LogP contribution in [0.5, 0.6) is 0 Å². The molecule has 0 aromatic heterocycles. The molecule has 2 rings (SSSR count). The molecule has 0 heterocycles. The van der Waals surface area contributed by atoms with Gasteiger partial charge < -0.3 is 18.9 Å². The van der Waals surface area contributed by atoms with E-state index >= 15 is 0 Å². The van der Waals surface area contributed by atoms with E-state index in [0.29, 0.717) is 35.5 Å². The SMILES string of the molecule is C=CCOC(=O)c1cccc(C(=O)OCC=C)c1.C[SiH](C)Cl.C[Si](C)(Cl)CCCOC(=O)c1cccc(C(=O)OCCC[Si](C)(C)Cl)c1. The van der Waals surface area contributed by atoms with E-state index in [9.17, 15) is 19.2 Å². The molecule has 0 amide bonds. The van der Waals surface area contributed by atoms with E-state index < -0.39 is 46.8 Å². The van der Waals surface area contributed by atoms with E-state index in [-0.39, 0.29) is 13.2 Å². The first-order valence-corrected chi connectivity index (χ1v) is 28.0. The van der Waals surface area contributed by atoms with Gasteiger partial charge in [0.15, 0.2) is 14.8 Å². The number of esters is 4. The molecule has 0 atom stereocenters. The van der Waals surface area contributed by atoms with Crippen LogP contribution in [0.2, 0.25) is 51.4 Å². The first-order valence-electron chi connectivity index (χ1n) is 15.5. The highest BCUT2D eigenvalue weighted by atomic mass is 35.6. The molecule has 0 fully saturated rings. The summed E-state index contributed by atoms with van der Waals surface area (Å²) >= 11 is 17.9. The zero-order valence-electron chi connectivity index (χ0n) is 28.8. The fourth-order valence-electron chi connectivity index (χ4n) is 3.46. The van der Waals surface area contributed by atoms with Crippen molar-refractivity contribution in [2.45, 2.75) is 64.2 Å². The van der Waals surface area contributed by atoms with Crippen molar-refractivity contribution in [3.05, 3.63) is 96.1 Å². The third-order valence-corrected chi connectivity index (χ3v) is 9.85. The van der Waals surface area contributed by atoms with Gasteiger partial charge in [-0.1, -0.05) is 76.7 Å². The quantitative estimate of drug-likeness (QED) is 0.0415. The van der Waals surface area contributed by atoms with Crippen LogP contribution >= 0.6 is 33.2 Å². The van der Waals surface area contributed by atoms with E-state index in [0.717, 1.165) is 24.9 Å². The van der Waals surface area contributed by atoms with Gasteiger partial charge in [-0.05, 0) is 61.3 Å². The second kappa shape index (κ2) is 24.5. The number of halogens is 3. The Morgan fingerprint density at radius 1 is 0.646 bits per heavy atom. The van der Waals surface area contributed by atoms with Crippen LogP contribution in [0.15, 0.2) is 73.8 Å². The van der Waals surface area contributed by atoms with Gasteiger partial charge in [0.2, 0.25) is 0 Å². The topological polar surface area (TPSA) is 105 Å². The fraction of sp³-hybridized carbons (Fsp3) is 0.412. The Kier molecular flexibility index (Phi) is 23.1. The standard InChI is InChI=1S/C18H28Cl2O4Si2.C14H14O4.C2H7ClSi/c1-25(2,19)12-6-10-23-17(21)15-8-5-9-16(14-15)18(22)24-11-7-13-26(3,4)20;1-3-8-17-13(15)11-6-5-7-12(10-11)14(16)18-9-4-2;1-4(2)3/h5,8-9,14H,6-7,10-13H2,1-4H3;3-7,10H,1-2,8-9H2;4H,1-2H3. The van der Waals surface area contributed by atoms with Crippen molar-refractivity contribution in [1.82, 2.24) is 0 Å². The average Bonchev–Trinajstić information content (AvgIpc) is 3.01. The second-order valence-electron chi connectivity index (χ2n) is 11.9. The molecule has 2 aromatic rings. The van der Waals surface area contributed by atoms with Gasteiger partial charge in [0, 0.05) is 0 Å². The number of carbonyl (C=O) groups is 4. The lowest BCUT2D eigenvalue weighted by atomic mass is 10.1. The second-order valence-corrected chi connectivity index (χ2v) is 30.5. The van der Waals surface area contributed by atoms with Crippen LogP contribution in [0.3, 0.4) is 0 Å². The van der Waals surface area contributed by atoms with E-state index in [4.69, 9.17) is 52.2 Å². The van der Waals surface area contributed by atoms with Crippen molar-refractivity contribution in [3.63, 3.8) is 0 Å². The molecule has 48 heavy (non-hydrogen) atoms. The van der Waals surface area contributed by atoms with E-state index in [1.54, 1.807) is 36.4 Å². The number of hydrogen-bond acceptors (Lipinski definition) is 8. The molecular formula is C34H49Cl3O8Si3. The maximum absolute atomic E-state index is 12.1. The molecule has 266 valence electrons. The van der Waals surface area contributed by atoms with Gasteiger partial charge in [-0.3, -0.25) is 0 Å². The molecule has 2 aromatic carbocycles. The van der Waals surface area contributed by atoms with Crippen LogP contribution in [-0.2, 0) is 18.9 Å². The highest BCUT2D eigenvalue weighted by molar-refractivity contribution is 7.19. The summed E-state index contributed by atoms with van der Waals surface area (Å²) in [6.07, 6.45) is 4.44. The van der Waals surface area contributed by atoms with Crippen molar-refractivity contribution in [1.29, 1.82) is 0 Å². The summed E-state index contributed by atoms with van der Waals surface area (Å²) < 4.78 is 20.2. The predicted octanol–water partition coefficient (Wildman–Crippen LogP) is 9.25. The van der Waals surface area contributed by atoms with E-state index in [2.05, 4.69) is 52.4 Å². The molecule has 0 N–H and O–H groups in total. The van der Waals surface area contributed by atoms with Crippen molar-refractivity contribution < 1.29 is 38.1 Å². The largest absolute Gasteiger partial charge is 0.462 e. The lowest BCUT2D eigenvalue weighted by Gasteiger charge is -2.13. The number of rotatable bonds is 16. The van der Waals surface area contributed by atoms with Crippen LogP contribution in [0.4, 0.5) is 0 Å². The third kappa shape index (κ3) is 23.6. The van der Waals surface area contributed by atoms with E-state index in [1.807, 2.05) is 0 Å². The highest BCUT2D eigenvalue weighted by Crippen LogP contribution is 2.18. The van der Waals surface area contributed by atoms with Gasteiger partial charge in [0.25, 0.3) is 0 Å². The molecule has 0 radical (unpaired) electrons. The molecular weight excluding hydrogens is 727 g/mol. The maximum Gasteiger partial charge on any atom is 0.338 e. The third-order valence-electron chi connectivity index (χ3n) is 5.63. The van der Waals surface area contributed by atoms with Crippen LogP contribution in [0.1, 0.15) is 54.3 Å². The van der Waals surface area contributed by atoms with Gasteiger partial charge in [0.1, 0.15) is 21.3 Å². The molecule has 0 saturated carbocycles. The van der Waals surface area contributed by atoms with Crippen molar-refractivity contribution in [2.75, 3.05) is 26.4 Å². The Balaban J connectivity index is 0.000000869. The number of carbonyl (C=O) groups excluding carboxylic acids is 4. The van der Waals surface area contributed by atoms with Crippen LogP contribution in [0, 0.1) is 0 Å². The molecule has 0 aliphatic heterocycles. The lowest BCUT2D eigenvalue weighted by molar-refractivity contribution is 0.0497. The minimum Gasteiger partial charge on any atom is -0.462 e. The molecule has 0 saturated heterocycles. The molecule has 8 nitrogen and oxygen atoms in total. The highest BCUT2D eigenvalue weighted by Gasteiger charge is 2.18. The monoisotopic (exact) mass is 774 g/mol. The van der Waals surface area contributed by atoms with Crippen LogP contribution in [-0.4, -0.2) is 73.2 Å². The summed E-state index contributed by atoms with van der Waals surface area (Å²) in [5.41, 5.74) is 1.28. The molecule has 0 aliphatic carbocycles. The number of hydrogen-bond donors (Lipinski definition) is 0. The predicted molar refractivity (Wildman–Crippen MR) is 205 cm³/mol. The van der Waals surface area contributed by atoms with Crippen molar-refractivity contribution in [2.24, 2.45) is 0 Å². The van der Waals surface area contributed by atoms with Gasteiger partial charge >= 0.3 is 23.9 Å². The summed E-state index contributed by atoms with van der Waals surface area (Å²) in [5.74, 6) is -1.89. The van der Waals surface area contributed by atoms with E-state index in [1.165, 1.54) is 24.3 Å². The maximum atomic E-state index is 12.1. The zero-order chi connectivity index (χ0) is 36.8. The summed E-state index contributed by atoms with van der Waals surface area (Å²) in [7, 11) is -3.96. The smallest absolute Gasteiger partial charge is 0.338 e. The van der Waals surface area contributed by atoms with Crippen LogP contribution < -0.4 is 0 Å². The van der Waals surface area contributed by atoms with Gasteiger partial charge in [-0.2, -0.15) is 33.2 Å². The molecule has 0 spiro atoms. The molecule has 0 unspecified atom stereocenters. The summed E-state index contributed by atoms with van der Waals surface area (Å²) in [5, 5.41) is 0. The Labute approximate surface area is 303 Å². The fourth-order valence-corrected chi connectivity index (χ4v) is 6.24. The first kappa shape index (κ1) is 45.3. The average molecular weight is 776 g/mol. The van der Waals surface area contributed by atoms with Gasteiger partial charge in [-0.15, -0.1) is 0 Å². The van der Waals surface area contributed by atoms with Crippen molar-refractivity contribution in [3.8, 4) is 0 Å². The Morgan fingerprint density at radius 3 is 1.17 bits per heavy atom. The first-order chi connectivity index (χ1) is 22.4. The number of benzene rings is 2. The van der Waals surface area contributed by atoms with Crippen molar-refractivity contribution >= 4 is 80.0 Å². The van der Waals surface area contributed by atoms with Gasteiger partial charge in [0.05, 0.1) is 35.5 Å². The summed E-state index contributed by atoms with van der Waals surface area (Å²) in [4.78, 5) is 47.3. The van der Waals surface area contributed by atoms with Crippen LogP contribution in [0.25, 0.3) is 0 Å². The summed E-state index contributed by atoms with van der Waals surface area (Å²) in [6.45, 7) is 20.2. The van der Waals surface area contributed by atoms with Gasteiger partial charge in [-0.25, -0.2) is 19.2 Å². The zero-order valence-corrected chi connectivity index (χ0v) is 34.2. The minimum atomic E-state index is -1.65. The molecule has 0 aliphatic rings. The molecule has 0 bridgehead atoms. The molecule has 14 heteroatoms. The lowest BCUT2D eigenvalue weighted by Crippen LogP contribution is -2.17. The Morgan fingerprint density at radius 2 is 0.917 bits per heavy atom. The summed E-state index contributed by atoms with van der Waals surface area (Å²) in [6, 6.07) is 14.3. The normalized spacial score (nSPS) is 10.7. The number of ether oxygens (including phenoxy) is 4. The minimum absolute atomic E-state index is 0.129. The Hall–Kier alpha value is -2.68. The Bertz CT molecular complexity index is 1230.